The van der Waals surface area contributed by atoms with Gasteiger partial charge in [0.2, 0.25) is 5.95 Å². The summed E-state index contributed by atoms with van der Waals surface area (Å²) in [4.78, 5) is 4.35. The number of fused-ring (bicyclic) bond motifs is 1. The summed E-state index contributed by atoms with van der Waals surface area (Å²) in [6.07, 6.45) is 1.05. The molecule has 1 aromatic heterocycles. The highest BCUT2D eigenvalue weighted by molar-refractivity contribution is 9.10. The lowest BCUT2D eigenvalue weighted by Crippen LogP contribution is -2.07. The maximum absolute atomic E-state index is 5.92. The van der Waals surface area contributed by atoms with Crippen LogP contribution in [0, 0.1) is 0 Å². The summed E-state index contributed by atoms with van der Waals surface area (Å²) in [6.45, 7) is 4.30. The van der Waals surface area contributed by atoms with Crippen molar-refractivity contribution in [2.75, 3.05) is 5.73 Å². The molecule has 0 aliphatic heterocycles. The average molecular weight is 268 g/mol. The quantitative estimate of drug-likeness (QED) is 0.907. The Hall–Kier alpha value is -1.03. The molecule has 1 aromatic carbocycles. The Morgan fingerprint density at radius 2 is 2.27 bits per heavy atom. The fourth-order valence-electron chi connectivity index (χ4n) is 1.74. The summed E-state index contributed by atoms with van der Waals surface area (Å²) in [6, 6.07) is 6.44. The molecule has 0 fully saturated rings. The molecule has 0 spiro atoms. The molecule has 0 saturated carbocycles. The number of anilines is 1. The molecule has 1 heterocycles. The Balaban J connectivity index is 2.68. The zero-order valence-electron chi connectivity index (χ0n) is 8.87. The third kappa shape index (κ3) is 1.74. The lowest BCUT2D eigenvalue weighted by molar-refractivity contribution is 0.552. The number of nitrogen functional groups attached to an aromatic ring is 1. The number of benzene rings is 1. The number of aromatic nitrogens is 2. The number of nitrogens with zero attached hydrogens (tertiary/aromatic N) is 2. The molecule has 0 bridgehead atoms. The van der Waals surface area contributed by atoms with Crippen molar-refractivity contribution in [3.8, 4) is 0 Å². The van der Waals surface area contributed by atoms with Crippen LogP contribution in [0.4, 0.5) is 5.95 Å². The molecule has 0 radical (unpaired) electrons. The summed E-state index contributed by atoms with van der Waals surface area (Å²) < 4.78 is 3.12. The van der Waals surface area contributed by atoms with Gasteiger partial charge >= 0.3 is 0 Å². The maximum atomic E-state index is 5.92. The minimum atomic E-state index is 0.385. The van der Waals surface area contributed by atoms with Gasteiger partial charge in [0.1, 0.15) is 0 Å². The fourth-order valence-corrected chi connectivity index (χ4v) is 2.09. The van der Waals surface area contributed by atoms with Crippen molar-refractivity contribution in [3.05, 3.63) is 22.7 Å². The Kier molecular flexibility index (Phi) is 2.69. The van der Waals surface area contributed by atoms with E-state index in [0.717, 1.165) is 21.9 Å². The van der Waals surface area contributed by atoms with E-state index in [9.17, 15) is 0 Å². The SMILES string of the molecule is CCC(C)n1c(N)nc2cc(Br)ccc21. The van der Waals surface area contributed by atoms with E-state index in [1.54, 1.807) is 0 Å². The first-order chi connectivity index (χ1) is 7.13. The van der Waals surface area contributed by atoms with Crippen LogP contribution in [0.3, 0.4) is 0 Å². The largest absolute Gasteiger partial charge is 0.369 e. The molecule has 2 N–H and O–H groups in total. The van der Waals surface area contributed by atoms with E-state index in [-0.39, 0.29) is 0 Å². The Bertz CT molecular complexity index is 490. The first-order valence-electron chi connectivity index (χ1n) is 5.06. The van der Waals surface area contributed by atoms with Crippen LogP contribution in [-0.2, 0) is 0 Å². The van der Waals surface area contributed by atoms with E-state index < -0.39 is 0 Å². The molecule has 2 aromatic rings. The van der Waals surface area contributed by atoms with Crippen LogP contribution < -0.4 is 5.73 Å². The van der Waals surface area contributed by atoms with Gasteiger partial charge in [-0.1, -0.05) is 22.9 Å². The van der Waals surface area contributed by atoms with Gasteiger partial charge in [-0.15, -0.1) is 0 Å². The molecule has 0 aliphatic rings. The van der Waals surface area contributed by atoms with E-state index >= 15 is 0 Å². The molecular weight excluding hydrogens is 254 g/mol. The standard InChI is InChI=1S/C11H14BrN3/c1-3-7(2)15-10-5-4-8(12)6-9(10)14-11(15)13/h4-7H,3H2,1-2H3,(H2,13,14). The number of hydrogen-bond donors (Lipinski definition) is 1. The molecule has 1 unspecified atom stereocenters. The number of rotatable bonds is 2. The van der Waals surface area contributed by atoms with Crippen LogP contribution in [0.15, 0.2) is 22.7 Å². The summed E-state index contributed by atoms with van der Waals surface area (Å²) in [5.41, 5.74) is 7.96. The summed E-state index contributed by atoms with van der Waals surface area (Å²) in [5.74, 6) is 0.595. The highest BCUT2D eigenvalue weighted by atomic mass is 79.9. The molecular formula is C11H14BrN3. The number of hydrogen-bond acceptors (Lipinski definition) is 2. The van der Waals surface area contributed by atoms with E-state index in [4.69, 9.17) is 5.73 Å². The van der Waals surface area contributed by atoms with Gasteiger partial charge in [-0.25, -0.2) is 4.98 Å². The van der Waals surface area contributed by atoms with Gasteiger partial charge in [-0.3, -0.25) is 0 Å². The topological polar surface area (TPSA) is 43.8 Å². The van der Waals surface area contributed by atoms with Crippen LogP contribution in [0.25, 0.3) is 11.0 Å². The molecule has 1 atom stereocenters. The van der Waals surface area contributed by atoms with Crippen molar-refractivity contribution in [1.82, 2.24) is 9.55 Å². The van der Waals surface area contributed by atoms with Gasteiger partial charge in [0.25, 0.3) is 0 Å². The van der Waals surface area contributed by atoms with E-state index in [1.807, 2.05) is 12.1 Å². The number of halogens is 1. The van der Waals surface area contributed by atoms with Crippen LogP contribution in [-0.4, -0.2) is 9.55 Å². The first kappa shape index (κ1) is 10.5. The molecule has 0 aliphatic carbocycles. The van der Waals surface area contributed by atoms with Crippen molar-refractivity contribution in [1.29, 1.82) is 0 Å². The zero-order chi connectivity index (χ0) is 11.0. The van der Waals surface area contributed by atoms with E-state index in [0.29, 0.717) is 12.0 Å². The Morgan fingerprint density at radius 1 is 1.53 bits per heavy atom. The number of imidazole rings is 1. The minimum Gasteiger partial charge on any atom is -0.369 e. The normalized spacial score (nSPS) is 13.3. The van der Waals surface area contributed by atoms with Crippen molar-refractivity contribution in [3.63, 3.8) is 0 Å². The van der Waals surface area contributed by atoms with Crippen LogP contribution in [0.2, 0.25) is 0 Å². The molecule has 0 saturated heterocycles. The molecule has 4 heteroatoms. The predicted octanol–water partition coefficient (Wildman–Crippen LogP) is 3.35. The molecule has 0 amide bonds. The minimum absolute atomic E-state index is 0.385. The second kappa shape index (κ2) is 3.85. The van der Waals surface area contributed by atoms with Crippen molar-refractivity contribution in [2.45, 2.75) is 26.3 Å². The Labute approximate surface area is 97.4 Å². The second-order valence-corrected chi connectivity index (χ2v) is 4.65. The first-order valence-corrected chi connectivity index (χ1v) is 5.85. The van der Waals surface area contributed by atoms with Crippen LogP contribution >= 0.6 is 15.9 Å². The monoisotopic (exact) mass is 267 g/mol. The highest BCUT2D eigenvalue weighted by Crippen LogP contribution is 2.26. The second-order valence-electron chi connectivity index (χ2n) is 3.73. The fraction of sp³-hybridized carbons (Fsp3) is 0.364. The smallest absolute Gasteiger partial charge is 0.201 e. The summed E-state index contributed by atoms with van der Waals surface area (Å²) in [7, 11) is 0. The predicted molar refractivity (Wildman–Crippen MR) is 66.8 cm³/mol. The van der Waals surface area contributed by atoms with E-state index in [1.165, 1.54) is 0 Å². The van der Waals surface area contributed by atoms with Gasteiger partial charge in [0.05, 0.1) is 11.0 Å². The summed E-state index contributed by atoms with van der Waals surface area (Å²) >= 11 is 3.43. The molecule has 15 heavy (non-hydrogen) atoms. The molecule has 2 rings (SSSR count). The highest BCUT2D eigenvalue weighted by Gasteiger charge is 2.12. The Morgan fingerprint density at radius 3 is 2.93 bits per heavy atom. The maximum Gasteiger partial charge on any atom is 0.201 e. The zero-order valence-corrected chi connectivity index (χ0v) is 10.5. The van der Waals surface area contributed by atoms with Gasteiger partial charge in [-0.2, -0.15) is 0 Å². The lowest BCUT2D eigenvalue weighted by Gasteiger charge is -2.13. The van der Waals surface area contributed by atoms with E-state index in [2.05, 4.69) is 45.4 Å². The van der Waals surface area contributed by atoms with Crippen LogP contribution in [0.5, 0.6) is 0 Å². The van der Waals surface area contributed by atoms with Crippen LogP contribution in [0.1, 0.15) is 26.3 Å². The van der Waals surface area contributed by atoms with Crippen molar-refractivity contribution < 1.29 is 0 Å². The molecule has 3 nitrogen and oxygen atoms in total. The van der Waals surface area contributed by atoms with Gasteiger partial charge < -0.3 is 10.3 Å². The third-order valence-corrected chi connectivity index (χ3v) is 3.20. The summed E-state index contributed by atoms with van der Waals surface area (Å²) in [5, 5.41) is 0. The number of nitrogens with two attached hydrogens (primary N) is 1. The average Bonchev–Trinajstić information content (AvgIpc) is 2.52. The van der Waals surface area contributed by atoms with Crippen molar-refractivity contribution >= 4 is 32.9 Å². The van der Waals surface area contributed by atoms with Gasteiger partial charge in [-0.05, 0) is 31.5 Å². The van der Waals surface area contributed by atoms with Crippen molar-refractivity contribution in [2.24, 2.45) is 0 Å². The van der Waals surface area contributed by atoms with Gasteiger partial charge in [0.15, 0.2) is 0 Å². The molecule has 80 valence electrons. The van der Waals surface area contributed by atoms with Gasteiger partial charge in [0, 0.05) is 10.5 Å². The lowest BCUT2D eigenvalue weighted by atomic mass is 10.2. The third-order valence-electron chi connectivity index (χ3n) is 2.71.